The van der Waals surface area contributed by atoms with E-state index in [1.807, 2.05) is 4.90 Å². The summed E-state index contributed by atoms with van der Waals surface area (Å²) >= 11 is 5.79. The highest BCUT2D eigenvalue weighted by molar-refractivity contribution is 6.30. The van der Waals surface area contributed by atoms with E-state index in [-0.39, 0.29) is 29.0 Å². The van der Waals surface area contributed by atoms with Gasteiger partial charge in [-0.2, -0.15) is 0 Å². The number of fused-ring (bicyclic) bond motifs is 1. The van der Waals surface area contributed by atoms with Crippen molar-refractivity contribution < 1.29 is 14.5 Å². The summed E-state index contributed by atoms with van der Waals surface area (Å²) in [4.78, 5) is 25.0. The molecule has 24 heavy (non-hydrogen) atoms. The Morgan fingerprint density at radius 2 is 2.04 bits per heavy atom. The Morgan fingerprint density at radius 1 is 1.29 bits per heavy atom. The molecule has 1 saturated heterocycles. The molecule has 0 aromatic heterocycles. The molecule has 7 heteroatoms. The van der Waals surface area contributed by atoms with E-state index in [4.69, 9.17) is 16.3 Å². The van der Waals surface area contributed by atoms with E-state index >= 15 is 0 Å². The van der Waals surface area contributed by atoms with Crippen LogP contribution in [0, 0.1) is 16.0 Å². The van der Waals surface area contributed by atoms with Crippen LogP contribution in [0.2, 0.25) is 5.02 Å². The number of nitrogens with zero attached hydrogens (tertiary/aromatic N) is 2. The molecule has 0 spiro atoms. The van der Waals surface area contributed by atoms with E-state index in [1.54, 1.807) is 0 Å². The minimum atomic E-state index is -0.552. The SMILES string of the molecule is O=C(COc1ccc(Cl)cc1[N+](=O)[O-])N1CCC[C@H]2CCCC[C@@H]21. The lowest BCUT2D eigenvalue weighted by Gasteiger charge is -2.44. The van der Waals surface area contributed by atoms with Crippen LogP contribution in [0.4, 0.5) is 5.69 Å². The first-order valence-electron chi connectivity index (χ1n) is 8.42. The van der Waals surface area contributed by atoms with Gasteiger partial charge in [0, 0.05) is 23.7 Å². The minimum Gasteiger partial charge on any atom is -0.477 e. The van der Waals surface area contributed by atoms with Gasteiger partial charge in [-0.25, -0.2) is 0 Å². The van der Waals surface area contributed by atoms with E-state index < -0.39 is 4.92 Å². The molecule has 130 valence electrons. The fraction of sp³-hybridized carbons (Fsp3) is 0.588. The number of amides is 1. The smallest absolute Gasteiger partial charge is 0.312 e. The van der Waals surface area contributed by atoms with E-state index in [9.17, 15) is 14.9 Å². The summed E-state index contributed by atoms with van der Waals surface area (Å²) < 4.78 is 5.46. The zero-order valence-electron chi connectivity index (χ0n) is 13.4. The third-order valence-electron chi connectivity index (χ3n) is 5.03. The van der Waals surface area contributed by atoms with Gasteiger partial charge in [0.05, 0.1) is 4.92 Å². The predicted octanol–water partition coefficient (Wildman–Crippen LogP) is 3.81. The monoisotopic (exact) mass is 352 g/mol. The molecule has 2 aliphatic rings. The van der Waals surface area contributed by atoms with Crippen molar-refractivity contribution in [1.82, 2.24) is 4.90 Å². The molecule has 2 fully saturated rings. The van der Waals surface area contributed by atoms with Crippen molar-refractivity contribution >= 4 is 23.2 Å². The van der Waals surface area contributed by atoms with Crippen molar-refractivity contribution in [3.05, 3.63) is 33.3 Å². The quantitative estimate of drug-likeness (QED) is 0.610. The molecule has 0 unspecified atom stereocenters. The molecule has 1 saturated carbocycles. The Bertz CT molecular complexity index is 635. The summed E-state index contributed by atoms with van der Waals surface area (Å²) in [5.41, 5.74) is -0.218. The zero-order chi connectivity index (χ0) is 17.1. The Hall–Kier alpha value is -1.82. The number of carbonyl (C=O) groups excluding carboxylic acids is 1. The van der Waals surface area contributed by atoms with Gasteiger partial charge in [0.25, 0.3) is 5.91 Å². The van der Waals surface area contributed by atoms with Crippen LogP contribution in [-0.2, 0) is 4.79 Å². The number of ether oxygens (including phenoxy) is 1. The normalized spacial score (nSPS) is 23.5. The van der Waals surface area contributed by atoms with Crippen LogP contribution in [0.25, 0.3) is 0 Å². The molecule has 0 radical (unpaired) electrons. The van der Waals surface area contributed by atoms with Crippen LogP contribution < -0.4 is 4.74 Å². The third-order valence-corrected chi connectivity index (χ3v) is 5.27. The highest BCUT2D eigenvalue weighted by Gasteiger charge is 2.35. The first-order valence-corrected chi connectivity index (χ1v) is 8.80. The molecule has 1 amide bonds. The fourth-order valence-electron chi connectivity index (χ4n) is 3.91. The van der Waals surface area contributed by atoms with Gasteiger partial charge in [-0.05, 0) is 43.7 Å². The molecular weight excluding hydrogens is 332 g/mol. The second-order valence-corrected chi connectivity index (χ2v) is 6.94. The number of nitro groups is 1. The summed E-state index contributed by atoms with van der Waals surface area (Å²) in [7, 11) is 0. The number of halogens is 1. The topological polar surface area (TPSA) is 72.7 Å². The maximum atomic E-state index is 12.6. The number of hydrogen-bond acceptors (Lipinski definition) is 4. The first kappa shape index (κ1) is 17.0. The molecule has 1 aromatic rings. The van der Waals surface area contributed by atoms with Crippen LogP contribution in [0.5, 0.6) is 5.75 Å². The third kappa shape index (κ3) is 3.64. The summed E-state index contributed by atoms with van der Waals surface area (Å²) in [6.45, 7) is 0.581. The van der Waals surface area contributed by atoms with E-state index in [0.717, 1.165) is 25.8 Å². The maximum Gasteiger partial charge on any atom is 0.312 e. The van der Waals surface area contributed by atoms with Gasteiger partial charge in [-0.3, -0.25) is 14.9 Å². The van der Waals surface area contributed by atoms with E-state index in [2.05, 4.69) is 0 Å². The van der Waals surface area contributed by atoms with Gasteiger partial charge in [0.1, 0.15) is 0 Å². The summed E-state index contributed by atoms with van der Waals surface area (Å²) in [6.07, 6.45) is 6.87. The number of piperidine rings is 1. The second kappa shape index (κ2) is 7.38. The molecule has 1 aromatic carbocycles. The molecule has 6 nitrogen and oxygen atoms in total. The van der Waals surface area contributed by atoms with Crippen LogP contribution in [-0.4, -0.2) is 34.9 Å². The standard InChI is InChI=1S/C17H21ClN2O4/c18-13-7-8-16(15(10-13)20(22)23)24-11-17(21)19-9-3-5-12-4-1-2-6-14(12)19/h7-8,10,12,14H,1-6,9,11H2/t12-,14+/m1/s1. The zero-order valence-corrected chi connectivity index (χ0v) is 14.2. The first-order chi connectivity index (χ1) is 11.6. The molecular formula is C17H21ClN2O4. The van der Waals surface area contributed by atoms with Crippen LogP contribution in [0.3, 0.4) is 0 Å². The van der Waals surface area contributed by atoms with Gasteiger partial charge in [0.15, 0.2) is 12.4 Å². The lowest BCUT2D eigenvalue weighted by molar-refractivity contribution is -0.385. The highest BCUT2D eigenvalue weighted by atomic mass is 35.5. The number of carbonyl (C=O) groups is 1. The summed E-state index contributed by atoms with van der Waals surface area (Å²) in [5.74, 6) is 0.590. The van der Waals surface area contributed by atoms with Gasteiger partial charge in [0.2, 0.25) is 0 Å². The molecule has 1 aliphatic heterocycles. The lowest BCUT2D eigenvalue weighted by atomic mass is 9.78. The number of rotatable bonds is 4. The fourth-order valence-corrected chi connectivity index (χ4v) is 4.08. The number of nitro benzene ring substituents is 1. The van der Waals surface area contributed by atoms with Crippen molar-refractivity contribution in [2.75, 3.05) is 13.2 Å². The van der Waals surface area contributed by atoms with Gasteiger partial charge >= 0.3 is 5.69 Å². The Kier molecular flexibility index (Phi) is 5.23. The van der Waals surface area contributed by atoms with Crippen LogP contribution >= 0.6 is 11.6 Å². The minimum absolute atomic E-state index is 0.0787. The number of likely N-dealkylation sites (tertiary alicyclic amines) is 1. The Morgan fingerprint density at radius 3 is 2.83 bits per heavy atom. The molecule has 3 rings (SSSR count). The van der Waals surface area contributed by atoms with E-state index in [1.165, 1.54) is 37.5 Å². The largest absolute Gasteiger partial charge is 0.477 e. The van der Waals surface area contributed by atoms with E-state index in [0.29, 0.717) is 12.0 Å². The van der Waals surface area contributed by atoms with Crippen LogP contribution in [0.15, 0.2) is 18.2 Å². The van der Waals surface area contributed by atoms with Crippen molar-refractivity contribution in [3.8, 4) is 5.75 Å². The number of benzene rings is 1. The molecule has 1 heterocycles. The van der Waals surface area contributed by atoms with Crippen molar-refractivity contribution in [1.29, 1.82) is 0 Å². The molecule has 0 bridgehead atoms. The van der Waals surface area contributed by atoms with Crippen LogP contribution in [0.1, 0.15) is 38.5 Å². The Labute approximate surface area is 145 Å². The average molecular weight is 353 g/mol. The average Bonchev–Trinajstić information content (AvgIpc) is 2.59. The highest BCUT2D eigenvalue weighted by Crippen LogP contribution is 2.35. The molecule has 1 aliphatic carbocycles. The summed E-state index contributed by atoms with van der Waals surface area (Å²) in [6, 6.07) is 4.50. The molecule has 0 N–H and O–H groups in total. The van der Waals surface area contributed by atoms with Gasteiger partial charge in [-0.15, -0.1) is 0 Å². The van der Waals surface area contributed by atoms with Crippen molar-refractivity contribution in [2.45, 2.75) is 44.6 Å². The Balaban J connectivity index is 1.66. The van der Waals surface area contributed by atoms with Crippen molar-refractivity contribution in [3.63, 3.8) is 0 Å². The number of hydrogen-bond donors (Lipinski definition) is 0. The van der Waals surface area contributed by atoms with Gasteiger partial charge < -0.3 is 9.64 Å². The lowest BCUT2D eigenvalue weighted by Crippen LogP contribution is -2.51. The molecule has 2 atom stereocenters. The summed E-state index contributed by atoms with van der Waals surface area (Å²) in [5, 5.41) is 11.3. The predicted molar refractivity (Wildman–Crippen MR) is 90.3 cm³/mol. The second-order valence-electron chi connectivity index (χ2n) is 6.50. The maximum absolute atomic E-state index is 12.6. The van der Waals surface area contributed by atoms with Gasteiger partial charge in [-0.1, -0.05) is 24.4 Å². The van der Waals surface area contributed by atoms with Crippen molar-refractivity contribution in [2.24, 2.45) is 5.92 Å².